The maximum atomic E-state index is 11.8. The van der Waals surface area contributed by atoms with E-state index in [1.807, 2.05) is 42.5 Å². The number of nitrogens with one attached hydrogen (secondary N) is 1. The van der Waals surface area contributed by atoms with Crippen LogP contribution in [0.25, 0.3) is 22.2 Å². The Balaban J connectivity index is 2.00. The SMILES string of the molecule is CCOC(=O)Nc1cccc(-c2c(N)c3ccc(OCCCCl)cc3n2CC)c1. The van der Waals surface area contributed by atoms with Crippen molar-refractivity contribution in [2.45, 2.75) is 26.8 Å². The lowest BCUT2D eigenvalue weighted by Gasteiger charge is -2.11. The molecule has 0 atom stereocenters. The number of halogens is 1. The fourth-order valence-electron chi connectivity index (χ4n) is 3.36. The van der Waals surface area contributed by atoms with Gasteiger partial charge in [0.05, 0.1) is 30.1 Å². The molecule has 2 aromatic carbocycles. The molecule has 1 amide bonds. The minimum Gasteiger partial charge on any atom is -0.493 e. The van der Waals surface area contributed by atoms with Gasteiger partial charge in [-0.15, -0.1) is 11.6 Å². The molecule has 0 bridgehead atoms. The second-order valence-electron chi connectivity index (χ2n) is 6.50. The Labute approximate surface area is 175 Å². The minimum atomic E-state index is -0.479. The molecular formula is C22H26ClN3O3. The third-order valence-corrected chi connectivity index (χ3v) is 4.86. The van der Waals surface area contributed by atoms with Crippen molar-refractivity contribution in [1.82, 2.24) is 4.57 Å². The van der Waals surface area contributed by atoms with Crippen LogP contribution >= 0.6 is 11.6 Å². The van der Waals surface area contributed by atoms with Gasteiger partial charge in [0.15, 0.2) is 0 Å². The van der Waals surface area contributed by atoms with Gasteiger partial charge in [0.2, 0.25) is 0 Å². The molecule has 0 radical (unpaired) electrons. The first kappa shape index (κ1) is 20.9. The van der Waals surface area contributed by atoms with Crippen molar-refractivity contribution in [3.63, 3.8) is 0 Å². The molecule has 0 unspecified atom stereocenters. The fourth-order valence-corrected chi connectivity index (χ4v) is 3.47. The number of alkyl halides is 1. The number of aryl methyl sites for hydroxylation is 1. The lowest BCUT2D eigenvalue weighted by Crippen LogP contribution is -2.13. The van der Waals surface area contributed by atoms with E-state index in [2.05, 4.69) is 16.8 Å². The summed E-state index contributed by atoms with van der Waals surface area (Å²) < 4.78 is 12.9. The molecule has 3 rings (SSSR count). The van der Waals surface area contributed by atoms with Crippen LogP contribution in [0.3, 0.4) is 0 Å². The van der Waals surface area contributed by atoms with Gasteiger partial charge in [0, 0.05) is 35.1 Å². The standard InChI is InChI=1S/C22H26ClN3O3/c1-3-26-19-14-17(29-12-6-11-23)9-10-18(19)20(24)21(26)15-7-5-8-16(13-15)25-22(27)28-4-2/h5,7-10,13-14H,3-4,6,11-12,24H2,1-2H3,(H,25,27). The van der Waals surface area contributed by atoms with Crippen molar-refractivity contribution < 1.29 is 14.3 Å². The monoisotopic (exact) mass is 415 g/mol. The van der Waals surface area contributed by atoms with E-state index in [0.717, 1.165) is 40.9 Å². The Bertz CT molecular complexity index is 1000. The van der Waals surface area contributed by atoms with Gasteiger partial charge in [-0.05, 0) is 44.5 Å². The lowest BCUT2D eigenvalue weighted by atomic mass is 10.1. The van der Waals surface area contributed by atoms with Crippen LogP contribution in [0.1, 0.15) is 20.3 Å². The van der Waals surface area contributed by atoms with Crippen molar-refractivity contribution in [2.75, 3.05) is 30.1 Å². The first-order chi connectivity index (χ1) is 14.1. The van der Waals surface area contributed by atoms with Crippen LogP contribution in [0.15, 0.2) is 42.5 Å². The highest BCUT2D eigenvalue weighted by molar-refractivity contribution is 6.17. The Kier molecular flexibility index (Phi) is 6.88. The smallest absolute Gasteiger partial charge is 0.411 e. The molecule has 154 valence electrons. The summed E-state index contributed by atoms with van der Waals surface area (Å²) in [7, 11) is 0. The van der Waals surface area contributed by atoms with Crippen molar-refractivity contribution >= 4 is 40.0 Å². The first-order valence-corrected chi connectivity index (χ1v) is 10.3. The quantitative estimate of drug-likeness (QED) is 0.377. The largest absolute Gasteiger partial charge is 0.493 e. The highest BCUT2D eigenvalue weighted by Crippen LogP contribution is 2.38. The number of nitrogens with zero attached hydrogens (tertiary/aromatic N) is 1. The third-order valence-electron chi connectivity index (χ3n) is 4.60. The average Bonchev–Trinajstić information content (AvgIpc) is 3.00. The summed E-state index contributed by atoms with van der Waals surface area (Å²) in [5.41, 5.74) is 10.7. The Morgan fingerprint density at radius 1 is 1.21 bits per heavy atom. The molecule has 7 heteroatoms. The van der Waals surface area contributed by atoms with E-state index in [0.29, 0.717) is 30.5 Å². The number of amides is 1. The van der Waals surface area contributed by atoms with E-state index in [1.54, 1.807) is 6.92 Å². The predicted molar refractivity (Wildman–Crippen MR) is 119 cm³/mol. The number of ether oxygens (including phenoxy) is 2. The molecule has 3 aromatic rings. The number of carbonyl (C=O) groups excluding carboxylic acids is 1. The molecule has 0 fully saturated rings. The van der Waals surface area contributed by atoms with Crippen LogP contribution in [0.2, 0.25) is 0 Å². The van der Waals surface area contributed by atoms with Crippen LogP contribution in [-0.4, -0.2) is 29.8 Å². The normalized spacial score (nSPS) is 10.9. The van der Waals surface area contributed by atoms with Crippen molar-refractivity contribution in [3.05, 3.63) is 42.5 Å². The van der Waals surface area contributed by atoms with Crippen molar-refractivity contribution in [1.29, 1.82) is 0 Å². The molecule has 3 N–H and O–H groups in total. The molecule has 0 aliphatic carbocycles. The van der Waals surface area contributed by atoms with Crippen LogP contribution in [-0.2, 0) is 11.3 Å². The van der Waals surface area contributed by atoms with E-state index < -0.39 is 6.09 Å². The summed E-state index contributed by atoms with van der Waals surface area (Å²) >= 11 is 5.73. The highest BCUT2D eigenvalue weighted by Gasteiger charge is 2.17. The van der Waals surface area contributed by atoms with E-state index in [9.17, 15) is 4.79 Å². The van der Waals surface area contributed by atoms with E-state index >= 15 is 0 Å². The van der Waals surface area contributed by atoms with Crippen LogP contribution in [0.5, 0.6) is 5.75 Å². The summed E-state index contributed by atoms with van der Waals surface area (Å²) in [6, 6.07) is 13.5. The maximum Gasteiger partial charge on any atom is 0.411 e. The van der Waals surface area contributed by atoms with Gasteiger partial charge < -0.3 is 19.8 Å². The van der Waals surface area contributed by atoms with Gasteiger partial charge in [-0.25, -0.2) is 4.79 Å². The average molecular weight is 416 g/mol. The summed E-state index contributed by atoms with van der Waals surface area (Å²) in [5, 5.41) is 3.71. The lowest BCUT2D eigenvalue weighted by molar-refractivity contribution is 0.168. The summed E-state index contributed by atoms with van der Waals surface area (Å²) in [4.78, 5) is 11.8. The Hall–Kier alpha value is -2.86. The molecular weight excluding hydrogens is 390 g/mol. The highest BCUT2D eigenvalue weighted by atomic mass is 35.5. The predicted octanol–water partition coefficient (Wildman–Crippen LogP) is 5.49. The topological polar surface area (TPSA) is 78.5 Å². The number of nitrogen functional groups attached to an aromatic ring is 1. The van der Waals surface area contributed by atoms with E-state index in [-0.39, 0.29) is 0 Å². The summed E-state index contributed by atoms with van der Waals surface area (Å²) in [6.45, 7) is 5.47. The molecule has 29 heavy (non-hydrogen) atoms. The van der Waals surface area contributed by atoms with Gasteiger partial charge in [-0.1, -0.05) is 12.1 Å². The number of anilines is 2. The first-order valence-electron chi connectivity index (χ1n) is 9.73. The van der Waals surface area contributed by atoms with Gasteiger partial charge >= 0.3 is 6.09 Å². The second kappa shape index (κ2) is 9.56. The second-order valence-corrected chi connectivity index (χ2v) is 6.88. The molecule has 0 saturated carbocycles. The number of hydrogen-bond donors (Lipinski definition) is 2. The number of carbonyl (C=O) groups is 1. The molecule has 0 saturated heterocycles. The zero-order chi connectivity index (χ0) is 20.8. The van der Waals surface area contributed by atoms with Crippen LogP contribution in [0.4, 0.5) is 16.2 Å². The molecule has 0 aliphatic heterocycles. The third kappa shape index (κ3) is 4.59. The van der Waals surface area contributed by atoms with Crippen molar-refractivity contribution in [2.24, 2.45) is 0 Å². The van der Waals surface area contributed by atoms with Gasteiger partial charge in [-0.2, -0.15) is 0 Å². The molecule has 6 nitrogen and oxygen atoms in total. The fraction of sp³-hybridized carbons (Fsp3) is 0.318. The number of hydrogen-bond acceptors (Lipinski definition) is 4. The number of benzene rings is 2. The summed E-state index contributed by atoms with van der Waals surface area (Å²) in [6.07, 6.45) is 0.314. The maximum absolute atomic E-state index is 11.8. The Morgan fingerprint density at radius 3 is 2.76 bits per heavy atom. The van der Waals surface area contributed by atoms with Crippen molar-refractivity contribution in [3.8, 4) is 17.0 Å². The molecule has 1 heterocycles. The van der Waals surface area contributed by atoms with Gasteiger partial charge in [0.1, 0.15) is 5.75 Å². The molecule has 0 aliphatic rings. The zero-order valence-corrected chi connectivity index (χ0v) is 17.5. The van der Waals surface area contributed by atoms with E-state index in [4.69, 9.17) is 26.8 Å². The van der Waals surface area contributed by atoms with E-state index in [1.165, 1.54) is 0 Å². The van der Waals surface area contributed by atoms with Gasteiger partial charge in [-0.3, -0.25) is 5.32 Å². The number of fused-ring (bicyclic) bond motifs is 1. The number of aromatic nitrogens is 1. The minimum absolute atomic E-state index is 0.317. The number of nitrogens with two attached hydrogens (primary N) is 1. The summed E-state index contributed by atoms with van der Waals surface area (Å²) in [5.74, 6) is 1.36. The van der Waals surface area contributed by atoms with Crippen LogP contribution < -0.4 is 15.8 Å². The Morgan fingerprint density at radius 2 is 2.03 bits per heavy atom. The zero-order valence-electron chi connectivity index (χ0n) is 16.7. The molecule has 0 spiro atoms. The van der Waals surface area contributed by atoms with Gasteiger partial charge in [0.25, 0.3) is 0 Å². The number of rotatable bonds is 8. The molecule has 1 aromatic heterocycles. The van der Waals surface area contributed by atoms with Crippen LogP contribution in [0, 0.1) is 0 Å².